The number of carbonyl (C=O) groups is 1. The van der Waals surface area contributed by atoms with Crippen molar-refractivity contribution in [2.45, 2.75) is 31.8 Å². The van der Waals surface area contributed by atoms with E-state index in [0.29, 0.717) is 0 Å². The van der Waals surface area contributed by atoms with Crippen LogP contribution in [0.2, 0.25) is 0 Å². The summed E-state index contributed by atoms with van der Waals surface area (Å²) < 4.78 is 12.8. The number of amides is 1. The van der Waals surface area contributed by atoms with Crippen LogP contribution in [0.15, 0.2) is 18.2 Å². The Morgan fingerprint density at radius 3 is 3.00 bits per heavy atom. The molecule has 1 fully saturated rings. The van der Waals surface area contributed by atoms with Crippen molar-refractivity contribution in [1.29, 1.82) is 0 Å². The molecule has 2 atom stereocenters. The van der Waals surface area contributed by atoms with Gasteiger partial charge in [0.05, 0.1) is 5.56 Å². The average Bonchev–Trinajstić information content (AvgIpc) is 2.32. The summed E-state index contributed by atoms with van der Waals surface area (Å²) in [4.78, 5) is 12.0. The quantitative estimate of drug-likeness (QED) is 0.745. The first-order chi connectivity index (χ1) is 8.58. The molecule has 0 aromatic heterocycles. The number of hydrogen-bond donors (Lipinski definition) is 3. The molecule has 1 aromatic rings. The third-order valence-electron chi connectivity index (χ3n) is 3.28. The van der Waals surface area contributed by atoms with Gasteiger partial charge in [0.2, 0.25) is 0 Å². The summed E-state index contributed by atoms with van der Waals surface area (Å²) in [7, 11) is 0. The molecule has 5 heteroatoms. The fourth-order valence-corrected chi connectivity index (χ4v) is 2.18. The molecule has 1 amide bonds. The lowest BCUT2D eigenvalue weighted by Crippen LogP contribution is -2.51. The fraction of sp³-hybridized carbons (Fsp3) is 0.462. The zero-order chi connectivity index (χ0) is 13.1. The van der Waals surface area contributed by atoms with E-state index in [-0.39, 0.29) is 29.3 Å². The van der Waals surface area contributed by atoms with Gasteiger partial charge in [0.25, 0.3) is 5.91 Å². The Morgan fingerprint density at radius 2 is 2.33 bits per heavy atom. The van der Waals surface area contributed by atoms with Gasteiger partial charge < -0.3 is 15.7 Å². The molecule has 1 aliphatic rings. The molecular weight excluding hydrogens is 235 g/mol. The minimum atomic E-state index is -0.559. The largest absolute Gasteiger partial charge is 0.507 e. The van der Waals surface area contributed by atoms with Crippen molar-refractivity contribution < 1.29 is 14.3 Å². The van der Waals surface area contributed by atoms with E-state index < -0.39 is 5.82 Å². The van der Waals surface area contributed by atoms with Crippen molar-refractivity contribution >= 4 is 5.91 Å². The lowest BCUT2D eigenvalue weighted by atomic mass is 9.99. The number of halogens is 1. The first kappa shape index (κ1) is 12.8. The van der Waals surface area contributed by atoms with Crippen LogP contribution in [0.1, 0.15) is 30.1 Å². The Balaban J connectivity index is 2.07. The second kappa shape index (κ2) is 5.35. The maximum Gasteiger partial charge on any atom is 0.255 e. The monoisotopic (exact) mass is 252 g/mol. The van der Waals surface area contributed by atoms with Crippen LogP contribution in [0.25, 0.3) is 0 Å². The molecule has 18 heavy (non-hydrogen) atoms. The highest BCUT2D eigenvalue weighted by molar-refractivity contribution is 5.97. The average molecular weight is 252 g/mol. The van der Waals surface area contributed by atoms with E-state index in [4.69, 9.17) is 0 Å². The Bertz CT molecular complexity index is 451. The number of carbonyl (C=O) groups excluding carboxylic acids is 1. The minimum absolute atomic E-state index is 0.0377. The molecule has 1 saturated heterocycles. The Morgan fingerprint density at radius 1 is 1.56 bits per heavy atom. The number of hydrogen-bond acceptors (Lipinski definition) is 3. The summed E-state index contributed by atoms with van der Waals surface area (Å²) in [6, 6.07) is 3.64. The standard InChI is InChI=1S/C13H17FN2O2/c1-8-11(3-2-6-15-8)16-13(18)10-5-4-9(14)7-12(10)17/h4-5,7-8,11,15,17H,2-3,6H2,1H3,(H,16,18). The van der Waals surface area contributed by atoms with Gasteiger partial charge in [-0.3, -0.25) is 4.79 Å². The molecule has 0 radical (unpaired) electrons. The Labute approximate surface area is 105 Å². The van der Waals surface area contributed by atoms with E-state index in [2.05, 4.69) is 10.6 Å². The fourth-order valence-electron chi connectivity index (χ4n) is 2.18. The van der Waals surface area contributed by atoms with Gasteiger partial charge in [-0.05, 0) is 38.4 Å². The summed E-state index contributed by atoms with van der Waals surface area (Å²) in [6.45, 7) is 2.96. The maximum absolute atomic E-state index is 12.8. The third kappa shape index (κ3) is 2.79. The summed E-state index contributed by atoms with van der Waals surface area (Å²) in [5.41, 5.74) is 0.106. The van der Waals surface area contributed by atoms with Crippen molar-refractivity contribution in [2.75, 3.05) is 6.54 Å². The number of aromatic hydroxyl groups is 1. The number of nitrogens with one attached hydrogen (secondary N) is 2. The van der Waals surface area contributed by atoms with E-state index in [1.54, 1.807) is 0 Å². The molecule has 3 N–H and O–H groups in total. The third-order valence-corrected chi connectivity index (χ3v) is 3.28. The van der Waals surface area contributed by atoms with Crippen LogP contribution in [0, 0.1) is 5.82 Å². The van der Waals surface area contributed by atoms with E-state index in [1.165, 1.54) is 6.07 Å². The smallest absolute Gasteiger partial charge is 0.255 e. The molecule has 2 unspecified atom stereocenters. The lowest BCUT2D eigenvalue weighted by Gasteiger charge is -2.30. The second-order valence-corrected chi connectivity index (χ2v) is 4.63. The first-order valence-corrected chi connectivity index (χ1v) is 6.10. The molecule has 0 aliphatic carbocycles. The van der Waals surface area contributed by atoms with Crippen molar-refractivity contribution in [3.63, 3.8) is 0 Å². The second-order valence-electron chi connectivity index (χ2n) is 4.63. The minimum Gasteiger partial charge on any atom is -0.507 e. The number of piperidine rings is 1. The molecule has 1 aromatic carbocycles. The molecular formula is C13H17FN2O2. The van der Waals surface area contributed by atoms with Gasteiger partial charge in [0, 0.05) is 18.2 Å². The van der Waals surface area contributed by atoms with E-state index in [0.717, 1.165) is 31.5 Å². The Hall–Kier alpha value is -1.62. The highest BCUT2D eigenvalue weighted by Crippen LogP contribution is 2.18. The highest BCUT2D eigenvalue weighted by atomic mass is 19.1. The van der Waals surface area contributed by atoms with Crippen molar-refractivity contribution in [3.05, 3.63) is 29.6 Å². The first-order valence-electron chi connectivity index (χ1n) is 6.10. The molecule has 1 heterocycles. The zero-order valence-electron chi connectivity index (χ0n) is 10.2. The lowest BCUT2D eigenvalue weighted by molar-refractivity contribution is 0.0917. The normalized spacial score (nSPS) is 23.7. The van der Waals surface area contributed by atoms with Gasteiger partial charge in [-0.25, -0.2) is 4.39 Å². The topological polar surface area (TPSA) is 61.4 Å². The van der Waals surface area contributed by atoms with Gasteiger partial charge in [-0.1, -0.05) is 0 Å². The predicted molar refractivity (Wildman–Crippen MR) is 66.0 cm³/mol. The number of benzene rings is 1. The number of phenols is 1. The molecule has 98 valence electrons. The highest BCUT2D eigenvalue weighted by Gasteiger charge is 2.23. The zero-order valence-corrected chi connectivity index (χ0v) is 10.2. The van der Waals surface area contributed by atoms with Crippen LogP contribution in [-0.4, -0.2) is 29.6 Å². The maximum atomic E-state index is 12.8. The summed E-state index contributed by atoms with van der Waals surface area (Å²) in [5.74, 6) is -1.26. The van der Waals surface area contributed by atoms with Gasteiger partial charge in [-0.2, -0.15) is 0 Å². The predicted octanol–water partition coefficient (Wildman–Crippen LogP) is 1.40. The van der Waals surface area contributed by atoms with Crippen molar-refractivity contribution in [1.82, 2.24) is 10.6 Å². The van der Waals surface area contributed by atoms with Gasteiger partial charge >= 0.3 is 0 Å². The van der Waals surface area contributed by atoms with Gasteiger partial charge in [0.1, 0.15) is 11.6 Å². The SMILES string of the molecule is CC1NCCCC1NC(=O)c1ccc(F)cc1O. The molecule has 0 bridgehead atoms. The Kier molecular flexibility index (Phi) is 3.81. The van der Waals surface area contributed by atoms with E-state index >= 15 is 0 Å². The van der Waals surface area contributed by atoms with Gasteiger partial charge in [0.15, 0.2) is 0 Å². The van der Waals surface area contributed by atoms with E-state index in [9.17, 15) is 14.3 Å². The number of phenolic OH excluding ortho intramolecular Hbond substituents is 1. The van der Waals surface area contributed by atoms with Crippen LogP contribution in [0.4, 0.5) is 4.39 Å². The van der Waals surface area contributed by atoms with E-state index in [1.807, 2.05) is 6.92 Å². The summed E-state index contributed by atoms with van der Waals surface area (Å²) >= 11 is 0. The molecule has 0 spiro atoms. The molecule has 4 nitrogen and oxygen atoms in total. The van der Waals surface area contributed by atoms with Crippen LogP contribution < -0.4 is 10.6 Å². The van der Waals surface area contributed by atoms with Crippen molar-refractivity contribution in [3.8, 4) is 5.75 Å². The molecule has 2 rings (SSSR count). The molecule has 1 aliphatic heterocycles. The molecule has 0 saturated carbocycles. The van der Waals surface area contributed by atoms with Crippen LogP contribution in [0.5, 0.6) is 5.75 Å². The van der Waals surface area contributed by atoms with Crippen LogP contribution in [-0.2, 0) is 0 Å². The van der Waals surface area contributed by atoms with Crippen molar-refractivity contribution in [2.24, 2.45) is 0 Å². The van der Waals surface area contributed by atoms with Crippen LogP contribution >= 0.6 is 0 Å². The number of rotatable bonds is 2. The van der Waals surface area contributed by atoms with Gasteiger partial charge in [-0.15, -0.1) is 0 Å². The summed E-state index contributed by atoms with van der Waals surface area (Å²) in [6.07, 6.45) is 1.91. The van der Waals surface area contributed by atoms with Crippen LogP contribution in [0.3, 0.4) is 0 Å². The summed E-state index contributed by atoms with van der Waals surface area (Å²) in [5, 5.41) is 15.7.